The molecule has 1 N–H and O–H groups in total. The summed E-state index contributed by atoms with van der Waals surface area (Å²) in [6, 6.07) is 24.2. The van der Waals surface area contributed by atoms with E-state index in [1.54, 1.807) is 0 Å². The van der Waals surface area contributed by atoms with Crippen LogP contribution in [0, 0.1) is 0 Å². The second-order valence-electron chi connectivity index (χ2n) is 6.74. The van der Waals surface area contributed by atoms with Crippen molar-refractivity contribution in [2.24, 2.45) is 0 Å². The maximum absolute atomic E-state index is 11.1. The van der Waals surface area contributed by atoms with Crippen molar-refractivity contribution in [3.63, 3.8) is 0 Å². The highest BCUT2D eigenvalue weighted by Gasteiger charge is 2.26. The van der Waals surface area contributed by atoms with Crippen molar-refractivity contribution in [2.45, 2.75) is 16.7 Å². The third-order valence-corrected chi connectivity index (χ3v) is 8.18. The first-order valence-corrected chi connectivity index (χ1v) is 12.0. The molecule has 5 rings (SSSR count). The van der Waals surface area contributed by atoms with E-state index in [1.807, 2.05) is 6.07 Å². The number of hydrogen-bond acceptors (Lipinski definition) is 4. The molecule has 0 radical (unpaired) electrons. The average Bonchev–Trinajstić information content (AvgIpc) is 3.13. The number of sulfonamides is 2. The van der Waals surface area contributed by atoms with Crippen LogP contribution in [0.2, 0.25) is 0 Å². The molecule has 3 aromatic rings. The number of nitrogens with one attached hydrogen (secondary N) is 1. The first-order chi connectivity index (χ1) is 14.3. The zero-order valence-electron chi connectivity index (χ0n) is 16.0. The molecule has 0 spiro atoms. The van der Waals surface area contributed by atoms with Gasteiger partial charge >= 0.3 is 0 Å². The highest BCUT2D eigenvalue weighted by atomic mass is 32.3. The lowest BCUT2D eigenvalue weighted by Crippen LogP contribution is -2.62. The number of hydrogen-bond donors (Lipinski definition) is 1. The molecule has 0 amide bonds. The predicted octanol–water partition coefficient (Wildman–Crippen LogP) is 2.87. The van der Waals surface area contributed by atoms with E-state index in [0.717, 1.165) is 0 Å². The normalized spacial score (nSPS) is 18.7. The molecule has 2 aliphatic rings. The lowest BCUT2D eigenvalue weighted by molar-refractivity contribution is -0.349. The number of benzene rings is 3. The molecule has 0 saturated carbocycles. The Kier molecular flexibility index (Phi) is 5.15. The summed E-state index contributed by atoms with van der Waals surface area (Å²) in [6.45, 7) is 2.12. The number of para-hydroxylation sites is 1. The average molecular weight is 439 g/mol. The summed E-state index contributed by atoms with van der Waals surface area (Å²) in [5.41, 5.74) is 6.23. The highest BCUT2D eigenvalue weighted by Crippen LogP contribution is 2.37. The van der Waals surface area contributed by atoms with Gasteiger partial charge in [-0.05, 0) is 29.8 Å². The predicted molar refractivity (Wildman–Crippen MR) is 116 cm³/mol. The number of rotatable bonds is 1. The van der Waals surface area contributed by atoms with Gasteiger partial charge in [0.25, 0.3) is 0 Å². The lowest BCUT2D eigenvalue weighted by Gasteiger charge is -2.05. The molecule has 0 atom stereocenters. The molecule has 6 nitrogen and oxygen atoms in total. The third kappa shape index (κ3) is 3.85. The van der Waals surface area contributed by atoms with Gasteiger partial charge in [-0.2, -0.15) is 0 Å². The number of nitrogens with zero attached hydrogens (tertiary/aromatic N) is 1. The van der Waals surface area contributed by atoms with Crippen LogP contribution in [0.25, 0.3) is 15.8 Å². The van der Waals surface area contributed by atoms with Crippen LogP contribution in [0.4, 0.5) is 5.69 Å². The molecule has 0 saturated heterocycles. The summed E-state index contributed by atoms with van der Waals surface area (Å²) in [5, 5.41) is 0. The number of fused-ring (bicyclic) bond motifs is 2. The van der Waals surface area contributed by atoms with Crippen molar-refractivity contribution in [2.75, 3.05) is 0 Å². The van der Waals surface area contributed by atoms with Gasteiger partial charge in [-0.3, -0.25) is 0 Å². The molecule has 3 aromatic carbocycles. The van der Waals surface area contributed by atoms with Crippen LogP contribution in [0.15, 0.2) is 88.7 Å². The molecule has 0 unspecified atom stereocenters. The molecular weight excluding hydrogens is 420 g/mol. The quantitative estimate of drug-likeness (QED) is 0.632. The Morgan fingerprint density at radius 3 is 1.90 bits per heavy atom. The maximum atomic E-state index is 11.1. The van der Waals surface area contributed by atoms with Gasteiger partial charge in [-0.15, -0.1) is 0 Å². The van der Waals surface area contributed by atoms with Crippen molar-refractivity contribution >= 4 is 43.1 Å². The van der Waals surface area contributed by atoms with Gasteiger partial charge in [0.05, 0.1) is 20.9 Å². The monoisotopic (exact) mass is 438 g/mol. The van der Waals surface area contributed by atoms with E-state index < -0.39 is 20.0 Å². The van der Waals surface area contributed by atoms with E-state index in [4.69, 9.17) is 0 Å². The Hall–Kier alpha value is -3.07. The minimum absolute atomic E-state index is 0.241. The Morgan fingerprint density at radius 2 is 1.27 bits per heavy atom. The zero-order valence-corrected chi connectivity index (χ0v) is 17.6. The molecule has 0 fully saturated rings. The Bertz CT molecular complexity index is 1340. The van der Waals surface area contributed by atoms with Crippen LogP contribution >= 0.6 is 0 Å². The van der Waals surface area contributed by atoms with E-state index in [1.165, 1.54) is 52.4 Å². The lowest BCUT2D eigenvalue weighted by atomic mass is 10.0. The van der Waals surface area contributed by atoms with Gasteiger partial charge in [0.1, 0.15) is 20.0 Å². The van der Waals surface area contributed by atoms with E-state index in [9.17, 15) is 16.8 Å². The first-order valence-electron chi connectivity index (χ1n) is 9.08. The molecule has 0 bridgehead atoms. The van der Waals surface area contributed by atoms with Crippen LogP contribution in [0.5, 0.6) is 0 Å². The standard InChI is InChI=1S/C16H13N.C6H4NO4S2/c1-12-15(11-13-7-3-2-4-8-13)14-9-5-6-10-16(14)17-12;8-12(9)5-3-1-2-4-6(5)13(10,11)7-12/h2-11H,1H3;1-4H/q;-1/p+1/b15-11+;. The summed E-state index contributed by atoms with van der Waals surface area (Å²) in [5.74, 6) is 0. The van der Waals surface area contributed by atoms with Gasteiger partial charge in [-0.1, -0.05) is 54.6 Å². The van der Waals surface area contributed by atoms with Crippen molar-refractivity contribution in [1.82, 2.24) is 0 Å². The van der Waals surface area contributed by atoms with Crippen LogP contribution in [-0.4, -0.2) is 22.5 Å². The fraction of sp³-hybridized carbons (Fsp3) is 0.0455. The van der Waals surface area contributed by atoms with Crippen LogP contribution in [0.3, 0.4) is 0 Å². The smallest absolute Gasteiger partial charge is 0.211 e. The summed E-state index contributed by atoms with van der Waals surface area (Å²) in [6.07, 6.45) is 2.23. The second kappa shape index (κ2) is 7.64. The maximum Gasteiger partial charge on any atom is 0.211 e. The van der Waals surface area contributed by atoms with Crippen LogP contribution < -0.4 is 4.99 Å². The van der Waals surface area contributed by atoms with E-state index in [-0.39, 0.29) is 9.79 Å². The largest absolute Gasteiger partial charge is 0.428 e. The molecule has 30 heavy (non-hydrogen) atoms. The molecule has 152 valence electrons. The highest BCUT2D eigenvalue weighted by molar-refractivity contribution is 8.14. The molecular formula is C22H18N2O4S2. The zero-order chi connectivity index (χ0) is 21.4. The summed E-state index contributed by atoms with van der Waals surface area (Å²) < 4.78 is 47.3. The van der Waals surface area contributed by atoms with Crippen molar-refractivity contribution in [3.05, 3.63) is 94.1 Å². The molecule has 8 heteroatoms. The summed E-state index contributed by atoms with van der Waals surface area (Å²) >= 11 is 0. The van der Waals surface area contributed by atoms with Gasteiger partial charge < -0.3 is 4.13 Å². The van der Waals surface area contributed by atoms with Gasteiger partial charge in [0.15, 0.2) is 5.71 Å². The second-order valence-corrected chi connectivity index (χ2v) is 10.1. The van der Waals surface area contributed by atoms with Crippen LogP contribution in [-0.2, 0) is 20.0 Å². The first kappa shape index (κ1) is 20.2. The molecule has 0 aliphatic carbocycles. The van der Waals surface area contributed by atoms with Crippen molar-refractivity contribution in [1.29, 1.82) is 0 Å². The molecule has 2 heterocycles. The van der Waals surface area contributed by atoms with Crippen LogP contribution in [0.1, 0.15) is 18.1 Å². The van der Waals surface area contributed by atoms with E-state index in [0.29, 0.717) is 0 Å². The Labute approximate surface area is 175 Å². The van der Waals surface area contributed by atoms with Crippen molar-refractivity contribution < 1.29 is 21.8 Å². The fourth-order valence-electron chi connectivity index (χ4n) is 3.29. The van der Waals surface area contributed by atoms with E-state index in [2.05, 4.69) is 70.7 Å². The van der Waals surface area contributed by atoms with Gasteiger partial charge in [0.2, 0.25) is 5.69 Å². The summed E-state index contributed by atoms with van der Waals surface area (Å²) in [7, 11) is -7.95. The SMILES string of the molecule is CC1=[NH+]c2ccccc2/C1=C/c1ccccc1.O=S1(=O)[N-]S(=O)(=O)c2ccccc21. The Morgan fingerprint density at radius 1 is 0.733 bits per heavy atom. The van der Waals surface area contributed by atoms with Gasteiger partial charge in [-0.25, -0.2) is 21.8 Å². The summed E-state index contributed by atoms with van der Waals surface area (Å²) in [4.78, 5) is 2.93. The molecule has 0 aromatic heterocycles. The topological polar surface area (TPSA) is 96.3 Å². The number of allylic oxidation sites excluding steroid dienone is 1. The fourth-order valence-corrected chi connectivity index (χ4v) is 6.74. The Balaban J connectivity index is 0.000000151. The molecule has 2 aliphatic heterocycles. The minimum atomic E-state index is -3.98. The van der Waals surface area contributed by atoms with E-state index >= 15 is 0 Å². The minimum Gasteiger partial charge on any atom is -0.428 e. The van der Waals surface area contributed by atoms with Crippen molar-refractivity contribution in [3.8, 4) is 0 Å². The third-order valence-electron chi connectivity index (χ3n) is 4.66. The van der Waals surface area contributed by atoms with Gasteiger partial charge in [0, 0.05) is 13.0 Å².